The lowest BCUT2D eigenvalue weighted by atomic mass is 10.1. The average Bonchev–Trinajstić information content (AvgIpc) is 2.92. The molecule has 38 heavy (non-hydrogen) atoms. The summed E-state index contributed by atoms with van der Waals surface area (Å²) in [6.07, 6.45) is 0. The molecule has 0 aromatic heterocycles. The average molecular weight is 661 g/mol. The largest absolute Gasteiger partial charge is 1.00 e. The molecule has 0 bridgehead atoms. The van der Waals surface area contributed by atoms with E-state index in [2.05, 4.69) is 62.4 Å². The van der Waals surface area contributed by atoms with E-state index < -0.39 is 0 Å². The molecule has 0 radical (unpaired) electrons. The van der Waals surface area contributed by atoms with Crippen molar-refractivity contribution in [3.05, 3.63) is 71.8 Å². The Morgan fingerprint density at radius 3 is 1.13 bits per heavy atom. The first-order chi connectivity index (χ1) is 17.7. The van der Waals surface area contributed by atoms with Gasteiger partial charge in [0.25, 0.3) is 0 Å². The maximum absolute atomic E-state index is 6.11. The highest BCUT2D eigenvalue weighted by atomic mass is 79.9. The third-order valence-electron chi connectivity index (χ3n) is 7.57. The Balaban J connectivity index is 0.00000361. The number of halogens is 2. The van der Waals surface area contributed by atoms with Gasteiger partial charge in [0.2, 0.25) is 0 Å². The second-order valence-corrected chi connectivity index (χ2v) is 9.94. The quantitative estimate of drug-likeness (QED) is 0.139. The van der Waals surface area contributed by atoms with Crippen molar-refractivity contribution in [3.63, 3.8) is 0 Å². The molecular formula is C30H48Br2N2O4. The van der Waals surface area contributed by atoms with E-state index in [0.29, 0.717) is 13.2 Å². The van der Waals surface area contributed by atoms with Crippen LogP contribution in [0.3, 0.4) is 0 Å². The van der Waals surface area contributed by atoms with E-state index >= 15 is 0 Å². The number of hydrogen-bond donors (Lipinski definition) is 0. The molecule has 1 heterocycles. The standard InChI is InChI=1S/C30H48N2O4.2BrH/c1-3-33-23-19-31(21-25-35-27-29-11-7-5-8-12-29)15-17-32(18-16-31,20-24-34-4-2)22-26-36-28-30-13-9-6-10-14-30;;/h5-14H,3-4,15-28H2,1-2H3;2*1H/q+2;;/p-2. The monoisotopic (exact) mass is 658 g/mol. The SMILES string of the molecule is CCOCC[N+]1(CCOCc2ccccc2)CC[N+](CCOCC)(CCOCc2ccccc2)CC1.[Br-].[Br-]. The second-order valence-electron chi connectivity index (χ2n) is 9.94. The zero-order chi connectivity index (χ0) is 25.4. The fourth-order valence-corrected chi connectivity index (χ4v) is 5.04. The van der Waals surface area contributed by atoms with Gasteiger partial charge >= 0.3 is 0 Å². The molecule has 0 amide bonds. The molecule has 2 aromatic rings. The molecule has 2 aromatic carbocycles. The third-order valence-corrected chi connectivity index (χ3v) is 7.57. The topological polar surface area (TPSA) is 36.9 Å². The maximum Gasteiger partial charge on any atom is 0.129 e. The molecule has 0 N–H and O–H groups in total. The Morgan fingerprint density at radius 2 is 0.816 bits per heavy atom. The number of rotatable bonds is 18. The van der Waals surface area contributed by atoms with E-state index in [9.17, 15) is 0 Å². The van der Waals surface area contributed by atoms with Gasteiger partial charge in [-0.1, -0.05) is 60.7 Å². The molecule has 0 atom stereocenters. The summed E-state index contributed by atoms with van der Waals surface area (Å²) >= 11 is 0. The number of ether oxygens (including phenoxy) is 4. The Bertz CT molecular complexity index is 752. The predicted molar refractivity (Wildman–Crippen MR) is 145 cm³/mol. The summed E-state index contributed by atoms with van der Waals surface area (Å²) in [6, 6.07) is 20.9. The lowest BCUT2D eigenvalue weighted by Gasteiger charge is -2.49. The lowest BCUT2D eigenvalue weighted by Crippen LogP contribution is -3.00. The molecule has 0 unspecified atom stereocenters. The van der Waals surface area contributed by atoms with Gasteiger partial charge < -0.3 is 61.9 Å². The number of nitrogens with zero attached hydrogens (tertiary/aromatic N) is 2. The molecule has 0 saturated carbocycles. The molecule has 0 aliphatic carbocycles. The molecule has 3 rings (SSSR count). The number of hydrogen-bond acceptors (Lipinski definition) is 4. The minimum absolute atomic E-state index is 0. The van der Waals surface area contributed by atoms with Gasteiger partial charge in [0.1, 0.15) is 52.4 Å². The molecule has 6 nitrogen and oxygen atoms in total. The van der Waals surface area contributed by atoms with Crippen LogP contribution >= 0.6 is 0 Å². The van der Waals surface area contributed by atoms with E-state index in [0.717, 1.165) is 101 Å². The molecule has 1 fully saturated rings. The Kier molecular flexibility index (Phi) is 18.6. The van der Waals surface area contributed by atoms with Gasteiger partial charge in [0.05, 0.1) is 39.6 Å². The van der Waals surface area contributed by atoms with Crippen LogP contribution < -0.4 is 34.0 Å². The van der Waals surface area contributed by atoms with Gasteiger partial charge in [-0.25, -0.2) is 0 Å². The van der Waals surface area contributed by atoms with Crippen LogP contribution in [0, 0.1) is 0 Å². The highest BCUT2D eigenvalue weighted by Gasteiger charge is 2.41. The normalized spacial score (nSPS) is 20.9. The summed E-state index contributed by atoms with van der Waals surface area (Å²) < 4.78 is 25.9. The minimum atomic E-state index is 0. The van der Waals surface area contributed by atoms with E-state index in [1.807, 2.05) is 12.1 Å². The van der Waals surface area contributed by atoms with Crippen LogP contribution in [0.25, 0.3) is 0 Å². The highest BCUT2D eigenvalue weighted by molar-refractivity contribution is 5.14. The van der Waals surface area contributed by atoms with Crippen molar-refractivity contribution < 1.29 is 61.9 Å². The van der Waals surface area contributed by atoms with E-state index in [1.54, 1.807) is 0 Å². The van der Waals surface area contributed by atoms with Crippen molar-refractivity contribution in [1.82, 2.24) is 0 Å². The summed E-state index contributed by atoms with van der Waals surface area (Å²) in [5, 5.41) is 0. The van der Waals surface area contributed by atoms with Crippen molar-refractivity contribution in [3.8, 4) is 0 Å². The first-order valence-corrected chi connectivity index (χ1v) is 13.8. The summed E-state index contributed by atoms with van der Waals surface area (Å²) in [6.45, 7) is 19.0. The van der Waals surface area contributed by atoms with E-state index in [1.165, 1.54) is 11.1 Å². The van der Waals surface area contributed by atoms with Gasteiger partial charge in [-0.05, 0) is 25.0 Å². The summed E-state index contributed by atoms with van der Waals surface area (Å²) in [7, 11) is 0. The first-order valence-electron chi connectivity index (χ1n) is 13.8. The smallest absolute Gasteiger partial charge is 0.129 e. The van der Waals surface area contributed by atoms with Gasteiger partial charge in [-0.2, -0.15) is 0 Å². The number of piperazine rings is 1. The van der Waals surface area contributed by atoms with Crippen LogP contribution in [-0.2, 0) is 32.2 Å². The van der Waals surface area contributed by atoms with Crippen molar-refractivity contribution in [2.75, 3.05) is 92.0 Å². The van der Waals surface area contributed by atoms with Crippen LogP contribution in [0.4, 0.5) is 0 Å². The molecule has 8 heteroatoms. The van der Waals surface area contributed by atoms with Crippen molar-refractivity contribution in [2.24, 2.45) is 0 Å². The van der Waals surface area contributed by atoms with Gasteiger partial charge in [0.15, 0.2) is 0 Å². The number of benzene rings is 2. The van der Waals surface area contributed by atoms with Crippen LogP contribution in [-0.4, -0.2) is 101 Å². The fraction of sp³-hybridized carbons (Fsp3) is 0.600. The molecule has 1 aliphatic rings. The second kappa shape index (κ2) is 20.1. The first kappa shape index (κ1) is 35.2. The van der Waals surface area contributed by atoms with Gasteiger partial charge in [0, 0.05) is 13.2 Å². The lowest BCUT2D eigenvalue weighted by molar-refractivity contribution is -1.03. The molecule has 1 aliphatic heterocycles. The van der Waals surface area contributed by atoms with Gasteiger partial charge in [-0.15, -0.1) is 0 Å². The zero-order valence-corrected chi connectivity index (χ0v) is 26.5. The summed E-state index contributed by atoms with van der Waals surface area (Å²) in [4.78, 5) is 0. The van der Waals surface area contributed by atoms with E-state index in [4.69, 9.17) is 18.9 Å². The maximum atomic E-state index is 6.11. The molecule has 216 valence electrons. The van der Waals surface area contributed by atoms with Crippen LogP contribution in [0.1, 0.15) is 25.0 Å². The molecule has 0 spiro atoms. The third kappa shape index (κ3) is 12.6. The van der Waals surface area contributed by atoms with Crippen LogP contribution in [0.2, 0.25) is 0 Å². The van der Waals surface area contributed by atoms with Crippen molar-refractivity contribution >= 4 is 0 Å². The number of quaternary nitrogens is 2. The summed E-state index contributed by atoms with van der Waals surface area (Å²) in [5.74, 6) is 0. The van der Waals surface area contributed by atoms with Crippen molar-refractivity contribution in [2.45, 2.75) is 27.1 Å². The van der Waals surface area contributed by atoms with Gasteiger partial charge in [-0.3, -0.25) is 0 Å². The highest BCUT2D eigenvalue weighted by Crippen LogP contribution is 2.20. The van der Waals surface area contributed by atoms with Crippen LogP contribution in [0.5, 0.6) is 0 Å². The fourth-order valence-electron chi connectivity index (χ4n) is 5.04. The van der Waals surface area contributed by atoms with Crippen molar-refractivity contribution in [1.29, 1.82) is 0 Å². The zero-order valence-electron chi connectivity index (χ0n) is 23.4. The molecule has 1 saturated heterocycles. The van der Waals surface area contributed by atoms with E-state index in [-0.39, 0.29) is 34.0 Å². The predicted octanol–water partition coefficient (Wildman–Crippen LogP) is -1.85. The Morgan fingerprint density at radius 1 is 0.500 bits per heavy atom. The Hall–Kier alpha value is -0.840. The van der Waals surface area contributed by atoms with Crippen LogP contribution in [0.15, 0.2) is 60.7 Å². The molecular weight excluding hydrogens is 612 g/mol. The minimum Gasteiger partial charge on any atom is -1.00 e. The Labute approximate surface area is 251 Å². The summed E-state index contributed by atoms with van der Waals surface area (Å²) in [5.41, 5.74) is 2.47.